The van der Waals surface area contributed by atoms with E-state index in [1.807, 2.05) is 36.4 Å². The second-order valence-electron chi connectivity index (χ2n) is 7.09. The lowest BCUT2D eigenvalue weighted by molar-refractivity contribution is 0.275. The Balaban J connectivity index is 2.03. The molecule has 5 heteroatoms. The largest absolute Gasteiger partial charge is 0.497 e. The van der Waals surface area contributed by atoms with Gasteiger partial charge in [-0.25, -0.2) is 4.98 Å². The monoisotopic (exact) mass is 380 g/mol. The first-order valence-electron chi connectivity index (χ1n) is 9.43. The maximum Gasteiger partial charge on any atom is 0.221 e. The van der Waals surface area contributed by atoms with E-state index in [1.165, 1.54) is 0 Å². The smallest absolute Gasteiger partial charge is 0.221 e. The lowest BCUT2D eigenvalue weighted by Gasteiger charge is -2.15. The van der Waals surface area contributed by atoms with Gasteiger partial charge in [-0.05, 0) is 62.8 Å². The average Bonchev–Trinajstić information content (AvgIpc) is 2.70. The molecular weight excluding hydrogens is 352 g/mol. The van der Waals surface area contributed by atoms with Crippen molar-refractivity contribution in [2.75, 3.05) is 41.5 Å². The molecule has 0 saturated heterocycles. The van der Waals surface area contributed by atoms with Crippen molar-refractivity contribution in [2.45, 2.75) is 13.3 Å². The molecular formula is C23H28N2O3. The van der Waals surface area contributed by atoms with Crippen molar-refractivity contribution in [1.82, 2.24) is 9.88 Å². The van der Waals surface area contributed by atoms with E-state index in [4.69, 9.17) is 19.2 Å². The molecule has 1 aromatic heterocycles. The van der Waals surface area contributed by atoms with Crippen LogP contribution in [0.3, 0.4) is 0 Å². The van der Waals surface area contributed by atoms with E-state index in [2.05, 4.69) is 32.0 Å². The first-order chi connectivity index (χ1) is 13.5. The third-order valence-corrected chi connectivity index (χ3v) is 4.70. The second-order valence-corrected chi connectivity index (χ2v) is 7.09. The Hall–Kier alpha value is -2.79. The van der Waals surface area contributed by atoms with Crippen LogP contribution in [0, 0.1) is 6.92 Å². The lowest BCUT2D eigenvalue weighted by atomic mass is 10.0. The third-order valence-electron chi connectivity index (χ3n) is 4.70. The van der Waals surface area contributed by atoms with Gasteiger partial charge in [-0.15, -0.1) is 0 Å². The van der Waals surface area contributed by atoms with Gasteiger partial charge in [0.25, 0.3) is 0 Å². The highest BCUT2D eigenvalue weighted by Crippen LogP contribution is 2.35. The highest BCUT2D eigenvalue weighted by Gasteiger charge is 2.13. The van der Waals surface area contributed by atoms with Crippen molar-refractivity contribution in [2.24, 2.45) is 0 Å². The van der Waals surface area contributed by atoms with Crippen LogP contribution in [0.25, 0.3) is 22.0 Å². The summed E-state index contributed by atoms with van der Waals surface area (Å²) in [5.41, 5.74) is 4.02. The van der Waals surface area contributed by atoms with Crippen molar-refractivity contribution < 1.29 is 14.2 Å². The molecule has 5 nitrogen and oxygen atoms in total. The number of benzene rings is 2. The number of fused-ring (bicyclic) bond motifs is 1. The van der Waals surface area contributed by atoms with Crippen molar-refractivity contribution in [3.8, 4) is 28.5 Å². The zero-order valence-electron chi connectivity index (χ0n) is 17.3. The summed E-state index contributed by atoms with van der Waals surface area (Å²) in [6.07, 6.45) is 0.936. The fourth-order valence-corrected chi connectivity index (χ4v) is 3.16. The molecule has 3 aromatic rings. The third kappa shape index (κ3) is 4.54. The summed E-state index contributed by atoms with van der Waals surface area (Å²) >= 11 is 0. The number of pyridine rings is 1. The normalized spacial score (nSPS) is 11.1. The van der Waals surface area contributed by atoms with Crippen LogP contribution >= 0.6 is 0 Å². The molecule has 0 saturated carbocycles. The molecule has 0 radical (unpaired) electrons. The molecule has 3 rings (SSSR count). The predicted octanol–water partition coefficient (Wildman–Crippen LogP) is 4.56. The zero-order valence-corrected chi connectivity index (χ0v) is 17.3. The Morgan fingerprint density at radius 3 is 2.29 bits per heavy atom. The topological polar surface area (TPSA) is 43.8 Å². The molecule has 0 atom stereocenters. The van der Waals surface area contributed by atoms with Crippen LogP contribution in [0.15, 0.2) is 42.5 Å². The van der Waals surface area contributed by atoms with E-state index >= 15 is 0 Å². The van der Waals surface area contributed by atoms with Gasteiger partial charge >= 0.3 is 0 Å². The maximum atomic E-state index is 6.11. The van der Waals surface area contributed by atoms with Crippen LogP contribution in [0.4, 0.5) is 0 Å². The summed E-state index contributed by atoms with van der Waals surface area (Å²) in [6.45, 7) is 3.66. The minimum absolute atomic E-state index is 0.614. The first kappa shape index (κ1) is 20.0. The molecule has 148 valence electrons. The minimum Gasteiger partial charge on any atom is -0.497 e. The summed E-state index contributed by atoms with van der Waals surface area (Å²) < 4.78 is 16.8. The van der Waals surface area contributed by atoms with E-state index in [9.17, 15) is 0 Å². The van der Waals surface area contributed by atoms with Gasteiger partial charge in [-0.2, -0.15) is 0 Å². The summed E-state index contributed by atoms with van der Waals surface area (Å²) in [6, 6.07) is 14.1. The molecule has 0 N–H and O–H groups in total. The molecule has 2 aromatic carbocycles. The number of methoxy groups -OCH3 is 2. The fourth-order valence-electron chi connectivity index (χ4n) is 3.16. The fraction of sp³-hybridized carbons (Fsp3) is 0.348. The van der Waals surface area contributed by atoms with Gasteiger partial charge in [-0.1, -0.05) is 12.1 Å². The van der Waals surface area contributed by atoms with E-state index in [-0.39, 0.29) is 0 Å². The molecule has 0 aliphatic rings. The van der Waals surface area contributed by atoms with Gasteiger partial charge in [0.2, 0.25) is 5.88 Å². The molecule has 0 amide bonds. The Morgan fingerprint density at radius 2 is 1.64 bits per heavy atom. The number of nitrogens with zero attached hydrogens (tertiary/aromatic N) is 2. The molecule has 0 fully saturated rings. The molecule has 0 aliphatic heterocycles. The number of aromatic nitrogens is 1. The van der Waals surface area contributed by atoms with E-state index in [0.29, 0.717) is 12.5 Å². The quantitative estimate of drug-likeness (QED) is 0.536. The molecule has 0 unspecified atom stereocenters. The molecule has 0 aliphatic carbocycles. The van der Waals surface area contributed by atoms with E-state index in [0.717, 1.165) is 52.1 Å². The molecule has 0 spiro atoms. The van der Waals surface area contributed by atoms with Gasteiger partial charge in [0.05, 0.1) is 26.3 Å². The highest BCUT2D eigenvalue weighted by atomic mass is 16.5. The van der Waals surface area contributed by atoms with Gasteiger partial charge in [0, 0.05) is 23.6 Å². The zero-order chi connectivity index (χ0) is 20.1. The number of hydrogen-bond acceptors (Lipinski definition) is 5. The minimum atomic E-state index is 0.614. The van der Waals surface area contributed by atoms with Gasteiger partial charge < -0.3 is 19.1 Å². The van der Waals surface area contributed by atoms with Crippen LogP contribution < -0.4 is 14.2 Å². The summed E-state index contributed by atoms with van der Waals surface area (Å²) in [5, 5.41) is 1.09. The van der Waals surface area contributed by atoms with Crippen molar-refractivity contribution in [3.05, 3.63) is 48.0 Å². The maximum absolute atomic E-state index is 6.11. The van der Waals surface area contributed by atoms with E-state index < -0.39 is 0 Å². The number of ether oxygens (including phenoxy) is 3. The molecule has 28 heavy (non-hydrogen) atoms. The molecule has 1 heterocycles. The summed E-state index contributed by atoms with van der Waals surface area (Å²) in [5.74, 6) is 2.27. The molecule has 0 bridgehead atoms. The predicted molar refractivity (Wildman–Crippen MR) is 114 cm³/mol. The Morgan fingerprint density at radius 1 is 0.929 bits per heavy atom. The van der Waals surface area contributed by atoms with Gasteiger partial charge in [-0.3, -0.25) is 0 Å². The summed E-state index contributed by atoms with van der Waals surface area (Å²) in [7, 11) is 7.46. The van der Waals surface area contributed by atoms with Gasteiger partial charge in [0.15, 0.2) is 0 Å². The van der Waals surface area contributed by atoms with Crippen LogP contribution in [0.5, 0.6) is 17.4 Å². The Bertz CT molecular complexity index is 937. The van der Waals surface area contributed by atoms with E-state index in [1.54, 1.807) is 14.2 Å². The number of rotatable bonds is 8. The highest BCUT2D eigenvalue weighted by molar-refractivity contribution is 5.89. The lowest BCUT2D eigenvalue weighted by Crippen LogP contribution is -2.15. The number of aryl methyl sites for hydroxylation is 1. The van der Waals surface area contributed by atoms with Gasteiger partial charge in [0.1, 0.15) is 11.5 Å². The SMILES string of the molecule is COc1ccc(-c2cc3c(C)cc(OC)cc3nc2OCCCN(C)C)cc1. The summed E-state index contributed by atoms with van der Waals surface area (Å²) in [4.78, 5) is 6.98. The number of hydrogen-bond donors (Lipinski definition) is 0. The average molecular weight is 380 g/mol. The van der Waals surface area contributed by atoms with Crippen molar-refractivity contribution >= 4 is 10.9 Å². The standard InChI is InChI=1S/C23H28N2O3/c1-16-13-19(27-5)14-22-20(16)15-21(17-7-9-18(26-4)10-8-17)23(24-22)28-12-6-11-25(2)3/h7-10,13-15H,6,11-12H2,1-5H3. The first-order valence-corrected chi connectivity index (χ1v) is 9.43. The Labute approximate surface area is 166 Å². The second kappa shape index (κ2) is 8.93. The van der Waals surface area contributed by atoms with Crippen LogP contribution in [0.2, 0.25) is 0 Å². The van der Waals surface area contributed by atoms with Crippen LogP contribution in [0.1, 0.15) is 12.0 Å². The van der Waals surface area contributed by atoms with Crippen LogP contribution in [-0.4, -0.2) is 51.4 Å². The Kier molecular flexibility index (Phi) is 6.37. The van der Waals surface area contributed by atoms with Crippen LogP contribution in [-0.2, 0) is 0 Å². The van der Waals surface area contributed by atoms with Crippen molar-refractivity contribution in [1.29, 1.82) is 0 Å². The van der Waals surface area contributed by atoms with Crippen molar-refractivity contribution in [3.63, 3.8) is 0 Å².